The molecule has 0 bridgehead atoms. The first kappa shape index (κ1) is 13.2. The molecule has 4 nitrogen and oxygen atoms in total. The number of carbonyl (C=O) groups is 1. The van der Waals surface area contributed by atoms with Gasteiger partial charge in [-0.1, -0.05) is 17.7 Å². The molecule has 1 fully saturated rings. The second-order valence-electron chi connectivity index (χ2n) is 4.29. The number of halogens is 1. The molecule has 18 heavy (non-hydrogen) atoms. The molecule has 1 saturated heterocycles. The fourth-order valence-corrected chi connectivity index (χ4v) is 2.17. The third-order valence-electron chi connectivity index (χ3n) is 3.00. The first-order chi connectivity index (χ1) is 8.68. The molecule has 1 aromatic rings. The van der Waals surface area contributed by atoms with Crippen molar-refractivity contribution >= 4 is 17.6 Å². The van der Waals surface area contributed by atoms with Crippen molar-refractivity contribution in [2.45, 2.75) is 12.8 Å². The lowest BCUT2D eigenvalue weighted by Gasteiger charge is -2.22. The van der Waals surface area contributed by atoms with Gasteiger partial charge in [0.2, 0.25) is 0 Å². The highest BCUT2D eigenvalue weighted by atomic mass is 35.5. The normalized spacial score (nSPS) is 16.5. The molecule has 1 aliphatic rings. The molecule has 0 amide bonds. The zero-order valence-corrected chi connectivity index (χ0v) is 10.7. The van der Waals surface area contributed by atoms with Gasteiger partial charge in [-0.15, -0.1) is 0 Å². The zero-order valence-electron chi connectivity index (χ0n) is 9.89. The van der Waals surface area contributed by atoms with Crippen LogP contribution in [0.25, 0.3) is 0 Å². The maximum atomic E-state index is 11.1. The first-order valence-corrected chi connectivity index (χ1v) is 6.28. The Morgan fingerprint density at radius 3 is 2.83 bits per heavy atom. The van der Waals surface area contributed by atoms with Crippen LogP contribution >= 0.6 is 11.6 Å². The van der Waals surface area contributed by atoms with Gasteiger partial charge in [-0.2, -0.15) is 0 Å². The van der Waals surface area contributed by atoms with Gasteiger partial charge < -0.3 is 14.6 Å². The Labute approximate surface area is 110 Å². The summed E-state index contributed by atoms with van der Waals surface area (Å²) < 4.78 is 10.9. The minimum Gasteiger partial charge on any atom is -0.491 e. The SMILES string of the molecule is O=C(O)c1cccc(Cl)c1OCC1CCOCC1. The van der Waals surface area contributed by atoms with Crippen molar-refractivity contribution in [1.82, 2.24) is 0 Å². The molecule has 0 unspecified atom stereocenters. The minimum atomic E-state index is -1.03. The van der Waals surface area contributed by atoms with E-state index in [9.17, 15) is 4.79 Å². The van der Waals surface area contributed by atoms with Crippen molar-refractivity contribution in [3.63, 3.8) is 0 Å². The molecule has 0 spiro atoms. The Morgan fingerprint density at radius 1 is 1.44 bits per heavy atom. The van der Waals surface area contributed by atoms with E-state index in [1.807, 2.05) is 0 Å². The number of hydrogen-bond acceptors (Lipinski definition) is 3. The molecule has 1 aliphatic heterocycles. The molecule has 2 rings (SSSR count). The number of ether oxygens (including phenoxy) is 2. The van der Waals surface area contributed by atoms with Crippen LogP contribution in [0.5, 0.6) is 5.75 Å². The molecule has 1 aromatic carbocycles. The number of para-hydroxylation sites is 1. The van der Waals surface area contributed by atoms with E-state index in [4.69, 9.17) is 26.2 Å². The van der Waals surface area contributed by atoms with Gasteiger partial charge in [0, 0.05) is 13.2 Å². The third-order valence-corrected chi connectivity index (χ3v) is 3.30. The highest BCUT2D eigenvalue weighted by Crippen LogP contribution is 2.29. The van der Waals surface area contributed by atoms with Crippen molar-refractivity contribution in [2.24, 2.45) is 5.92 Å². The summed E-state index contributed by atoms with van der Waals surface area (Å²) in [5.41, 5.74) is 0.106. The van der Waals surface area contributed by atoms with E-state index in [0.29, 0.717) is 17.5 Å². The summed E-state index contributed by atoms with van der Waals surface area (Å²) in [7, 11) is 0. The van der Waals surface area contributed by atoms with Crippen LogP contribution in [0.1, 0.15) is 23.2 Å². The predicted molar refractivity (Wildman–Crippen MR) is 67.4 cm³/mol. The molecule has 98 valence electrons. The summed E-state index contributed by atoms with van der Waals surface area (Å²) in [6, 6.07) is 4.73. The molecule has 0 aromatic heterocycles. The Bertz CT molecular complexity index is 427. The molecule has 0 radical (unpaired) electrons. The van der Waals surface area contributed by atoms with E-state index in [0.717, 1.165) is 26.1 Å². The summed E-state index contributed by atoms with van der Waals surface area (Å²) in [5, 5.41) is 9.40. The van der Waals surface area contributed by atoms with Crippen LogP contribution in [0.2, 0.25) is 5.02 Å². The number of aromatic carboxylic acids is 1. The lowest BCUT2D eigenvalue weighted by atomic mass is 10.0. The lowest BCUT2D eigenvalue weighted by Crippen LogP contribution is -2.22. The Balaban J connectivity index is 2.05. The lowest BCUT2D eigenvalue weighted by molar-refractivity contribution is 0.0490. The Hall–Kier alpha value is -1.26. The molecule has 1 N–H and O–H groups in total. The van der Waals surface area contributed by atoms with Crippen LogP contribution in [0.15, 0.2) is 18.2 Å². The van der Waals surface area contributed by atoms with Crippen molar-refractivity contribution < 1.29 is 19.4 Å². The minimum absolute atomic E-state index is 0.106. The highest BCUT2D eigenvalue weighted by Gasteiger charge is 2.18. The van der Waals surface area contributed by atoms with Crippen LogP contribution in [-0.2, 0) is 4.74 Å². The monoisotopic (exact) mass is 270 g/mol. The largest absolute Gasteiger partial charge is 0.491 e. The van der Waals surface area contributed by atoms with Crippen molar-refractivity contribution in [3.05, 3.63) is 28.8 Å². The fourth-order valence-electron chi connectivity index (χ4n) is 1.94. The molecule has 1 heterocycles. The Morgan fingerprint density at radius 2 is 2.17 bits per heavy atom. The second-order valence-corrected chi connectivity index (χ2v) is 4.70. The second kappa shape index (κ2) is 6.07. The van der Waals surface area contributed by atoms with Gasteiger partial charge in [-0.05, 0) is 30.9 Å². The van der Waals surface area contributed by atoms with Crippen LogP contribution in [0.4, 0.5) is 0 Å². The average Bonchev–Trinajstić information content (AvgIpc) is 2.38. The van der Waals surface area contributed by atoms with Gasteiger partial charge in [0.15, 0.2) is 5.75 Å². The number of carboxylic acid groups (broad SMARTS) is 1. The zero-order chi connectivity index (χ0) is 13.0. The molecule has 0 saturated carbocycles. The summed E-state index contributed by atoms with van der Waals surface area (Å²) in [6.07, 6.45) is 1.87. The van der Waals surface area contributed by atoms with E-state index in [-0.39, 0.29) is 11.3 Å². The van der Waals surface area contributed by atoms with Crippen LogP contribution in [-0.4, -0.2) is 30.9 Å². The average molecular weight is 271 g/mol. The third kappa shape index (κ3) is 3.15. The molecule has 0 atom stereocenters. The quantitative estimate of drug-likeness (QED) is 0.914. The van der Waals surface area contributed by atoms with Crippen LogP contribution in [0.3, 0.4) is 0 Å². The molecule has 5 heteroatoms. The highest BCUT2D eigenvalue weighted by molar-refractivity contribution is 6.32. The number of carboxylic acids is 1. The Kier molecular flexibility index (Phi) is 4.44. The van der Waals surface area contributed by atoms with E-state index >= 15 is 0 Å². The molecule has 0 aliphatic carbocycles. The fraction of sp³-hybridized carbons (Fsp3) is 0.462. The maximum absolute atomic E-state index is 11.1. The number of rotatable bonds is 4. The van der Waals surface area contributed by atoms with Gasteiger partial charge >= 0.3 is 5.97 Å². The van der Waals surface area contributed by atoms with Crippen molar-refractivity contribution in [1.29, 1.82) is 0 Å². The number of benzene rings is 1. The van der Waals surface area contributed by atoms with Gasteiger partial charge in [0.05, 0.1) is 11.6 Å². The standard InChI is InChI=1S/C13H15ClO4/c14-11-3-1-2-10(13(15)16)12(11)18-8-9-4-6-17-7-5-9/h1-3,9H,4-8H2,(H,15,16). The predicted octanol–water partition coefficient (Wildman–Crippen LogP) is 2.84. The smallest absolute Gasteiger partial charge is 0.339 e. The maximum Gasteiger partial charge on any atom is 0.339 e. The van der Waals surface area contributed by atoms with Crippen LogP contribution in [0, 0.1) is 5.92 Å². The van der Waals surface area contributed by atoms with E-state index in [1.54, 1.807) is 12.1 Å². The molecular formula is C13H15ClO4. The molecular weight excluding hydrogens is 256 g/mol. The summed E-state index contributed by atoms with van der Waals surface area (Å²) >= 11 is 5.98. The van der Waals surface area contributed by atoms with E-state index in [1.165, 1.54) is 6.07 Å². The van der Waals surface area contributed by atoms with E-state index in [2.05, 4.69) is 0 Å². The van der Waals surface area contributed by atoms with Gasteiger partial charge in [0.25, 0.3) is 0 Å². The van der Waals surface area contributed by atoms with Gasteiger partial charge in [-0.25, -0.2) is 4.79 Å². The van der Waals surface area contributed by atoms with Crippen molar-refractivity contribution in [2.75, 3.05) is 19.8 Å². The summed E-state index contributed by atoms with van der Waals surface area (Å²) in [4.78, 5) is 11.1. The van der Waals surface area contributed by atoms with E-state index < -0.39 is 5.97 Å². The summed E-state index contributed by atoms with van der Waals surface area (Å²) in [6.45, 7) is 1.96. The van der Waals surface area contributed by atoms with Crippen LogP contribution < -0.4 is 4.74 Å². The van der Waals surface area contributed by atoms with Crippen molar-refractivity contribution in [3.8, 4) is 5.75 Å². The van der Waals surface area contributed by atoms with Gasteiger partial charge in [-0.3, -0.25) is 0 Å². The first-order valence-electron chi connectivity index (χ1n) is 5.91. The number of hydrogen-bond donors (Lipinski definition) is 1. The summed E-state index contributed by atoms with van der Waals surface area (Å²) in [5.74, 6) is -0.366. The topological polar surface area (TPSA) is 55.8 Å². The van der Waals surface area contributed by atoms with Gasteiger partial charge in [0.1, 0.15) is 5.56 Å².